The van der Waals surface area contributed by atoms with Gasteiger partial charge in [0, 0.05) is 0 Å². The topological polar surface area (TPSA) is 56.0 Å². The van der Waals surface area contributed by atoms with Crippen LogP contribution >= 0.6 is 0 Å². The Morgan fingerprint density at radius 2 is 2.19 bits per heavy atom. The van der Waals surface area contributed by atoms with Crippen LogP contribution in [0.4, 0.5) is 14.5 Å². The second-order valence-corrected chi connectivity index (χ2v) is 3.53. The maximum absolute atomic E-state index is 12.8. The number of hydrogen-bond donors (Lipinski definition) is 2. The van der Waals surface area contributed by atoms with Crippen molar-refractivity contribution in [1.29, 1.82) is 5.26 Å². The number of nitrogens with zero attached hydrogens (tertiary/aromatic N) is 1. The van der Waals surface area contributed by atoms with Gasteiger partial charge in [-0.25, -0.2) is 8.78 Å². The molecule has 86 valence electrons. The number of anilines is 1. The molecule has 3 nitrogen and oxygen atoms in total. The molecule has 0 aromatic heterocycles. The first-order valence-corrected chi connectivity index (χ1v) is 4.72. The van der Waals surface area contributed by atoms with Crippen molar-refractivity contribution in [3.8, 4) is 6.07 Å². The molecular formula is C11H12F2N2O. The minimum atomic E-state index is -3.18. The van der Waals surface area contributed by atoms with Crippen molar-refractivity contribution in [2.75, 3.05) is 18.5 Å². The third-order valence-corrected chi connectivity index (χ3v) is 2.06. The molecule has 0 aliphatic carbocycles. The van der Waals surface area contributed by atoms with E-state index in [9.17, 15) is 8.78 Å². The van der Waals surface area contributed by atoms with Gasteiger partial charge in [0.2, 0.25) is 0 Å². The molecule has 0 fully saturated rings. The van der Waals surface area contributed by atoms with Crippen LogP contribution in [-0.4, -0.2) is 24.2 Å². The Morgan fingerprint density at radius 1 is 1.50 bits per heavy atom. The van der Waals surface area contributed by atoms with Crippen LogP contribution in [0.25, 0.3) is 0 Å². The maximum Gasteiger partial charge on any atom is 0.287 e. The van der Waals surface area contributed by atoms with Crippen molar-refractivity contribution >= 4 is 5.69 Å². The molecule has 0 bridgehead atoms. The molecule has 1 rings (SSSR count). The van der Waals surface area contributed by atoms with E-state index in [1.54, 1.807) is 18.2 Å². The van der Waals surface area contributed by atoms with Gasteiger partial charge < -0.3 is 10.4 Å². The van der Waals surface area contributed by atoms with Crippen LogP contribution in [0.1, 0.15) is 11.1 Å². The molecular weight excluding hydrogens is 214 g/mol. The van der Waals surface area contributed by atoms with E-state index < -0.39 is 19.1 Å². The van der Waals surface area contributed by atoms with Crippen LogP contribution < -0.4 is 5.32 Å². The fourth-order valence-corrected chi connectivity index (χ4v) is 1.19. The Bertz CT molecular complexity index is 413. The summed E-state index contributed by atoms with van der Waals surface area (Å²) >= 11 is 0. The average Bonchev–Trinajstić information content (AvgIpc) is 2.27. The lowest BCUT2D eigenvalue weighted by Gasteiger charge is -2.15. The van der Waals surface area contributed by atoms with Crippen molar-refractivity contribution in [3.05, 3.63) is 29.3 Å². The second kappa shape index (κ2) is 4.90. The molecule has 0 saturated carbocycles. The largest absolute Gasteiger partial charge is 0.390 e. The van der Waals surface area contributed by atoms with Gasteiger partial charge in [0.1, 0.15) is 12.7 Å². The van der Waals surface area contributed by atoms with E-state index in [-0.39, 0.29) is 0 Å². The van der Waals surface area contributed by atoms with Gasteiger partial charge >= 0.3 is 0 Å². The zero-order valence-electron chi connectivity index (χ0n) is 8.80. The summed E-state index contributed by atoms with van der Waals surface area (Å²) in [4.78, 5) is 0. The van der Waals surface area contributed by atoms with Crippen LogP contribution in [0, 0.1) is 18.3 Å². The third kappa shape index (κ3) is 3.17. The highest BCUT2D eigenvalue weighted by Gasteiger charge is 2.27. The van der Waals surface area contributed by atoms with E-state index >= 15 is 0 Å². The van der Waals surface area contributed by atoms with Crippen molar-refractivity contribution in [1.82, 2.24) is 0 Å². The number of nitrogens with one attached hydrogen (secondary N) is 1. The summed E-state index contributed by atoms with van der Waals surface area (Å²) in [6.07, 6.45) is 0. The van der Waals surface area contributed by atoms with Gasteiger partial charge in [0.25, 0.3) is 5.92 Å². The molecule has 0 aliphatic rings. The molecule has 1 aromatic carbocycles. The van der Waals surface area contributed by atoms with Gasteiger partial charge in [-0.1, -0.05) is 6.07 Å². The smallest absolute Gasteiger partial charge is 0.287 e. The van der Waals surface area contributed by atoms with E-state index in [1.165, 1.54) is 0 Å². The molecule has 2 N–H and O–H groups in total. The van der Waals surface area contributed by atoms with Gasteiger partial charge in [0.05, 0.1) is 17.8 Å². The predicted molar refractivity (Wildman–Crippen MR) is 56.4 cm³/mol. The van der Waals surface area contributed by atoms with Crippen LogP contribution in [0.5, 0.6) is 0 Å². The van der Waals surface area contributed by atoms with E-state index in [0.29, 0.717) is 11.3 Å². The first-order chi connectivity index (χ1) is 7.48. The molecule has 0 aliphatic heterocycles. The molecule has 0 unspecified atom stereocenters. The summed E-state index contributed by atoms with van der Waals surface area (Å²) in [6, 6.07) is 6.82. The summed E-state index contributed by atoms with van der Waals surface area (Å²) in [7, 11) is 0. The van der Waals surface area contributed by atoms with Crippen LogP contribution in [-0.2, 0) is 0 Å². The van der Waals surface area contributed by atoms with Crippen LogP contribution in [0.3, 0.4) is 0 Å². The summed E-state index contributed by atoms with van der Waals surface area (Å²) in [6.45, 7) is -0.0953. The Kier molecular flexibility index (Phi) is 3.80. The number of halogens is 2. The fourth-order valence-electron chi connectivity index (χ4n) is 1.19. The van der Waals surface area contributed by atoms with Gasteiger partial charge in [-0.2, -0.15) is 5.26 Å². The Morgan fingerprint density at radius 3 is 2.75 bits per heavy atom. The number of rotatable bonds is 4. The Labute approximate surface area is 92.3 Å². The third-order valence-electron chi connectivity index (χ3n) is 2.06. The highest BCUT2D eigenvalue weighted by atomic mass is 19.3. The summed E-state index contributed by atoms with van der Waals surface area (Å²) in [5.74, 6) is -3.18. The van der Waals surface area contributed by atoms with Gasteiger partial charge in [-0.05, 0) is 24.6 Å². The first-order valence-electron chi connectivity index (χ1n) is 4.72. The predicted octanol–water partition coefficient (Wildman–Crippen LogP) is 1.91. The van der Waals surface area contributed by atoms with Crippen LogP contribution in [0.2, 0.25) is 0 Å². The number of aryl methyl sites for hydroxylation is 1. The first kappa shape index (κ1) is 12.4. The molecule has 0 atom stereocenters. The van der Waals surface area contributed by atoms with Gasteiger partial charge in [0.15, 0.2) is 0 Å². The zero-order chi connectivity index (χ0) is 12.2. The van der Waals surface area contributed by atoms with Crippen molar-refractivity contribution in [3.63, 3.8) is 0 Å². The summed E-state index contributed by atoms with van der Waals surface area (Å²) in [5.41, 5.74) is 1.55. The highest BCUT2D eigenvalue weighted by Crippen LogP contribution is 2.19. The number of aliphatic hydroxyl groups excluding tert-OH is 1. The summed E-state index contributed by atoms with van der Waals surface area (Å²) in [5, 5.41) is 19.6. The molecule has 0 spiro atoms. The lowest BCUT2D eigenvalue weighted by Crippen LogP contribution is -2.31. The van der Waals surface area contributed by atoms with E-state index in [1.807, 2.05) is 13.0 Å². The zero-order valence-corrected chi connectivity index (χ0v) is 8.80. The monoisotopic (exact) mass is 226 g/mol. The highest BCUT2D eigenvalue weighted by molar-refractivity contribution is 5.58. The molecule has 1 aromatic rings. The number of alkyl halides is 2. The molecule has 16 heavy (non-hydrogen) atoms. The van der Waals surface area contributed by atoms with Gasteiger partial charge in [-0.3, -0.25) is 0 Å². The normalized spacial score (nSPS) is 10.9. The molecule has 0 radical (unpaired) electrons. The number of hydrogen-bond acceptors (Lipinski definition) is 3. The SMILES string of the molecule is Cc1ccc(NCC(F)(F)CO)c(C#N)c1. The lowest BCUT2D eigenvalue weighted by atomic mass is 10.1. The van der Waals surface area contributed by atoms with Gasteiger partial charge in [-0.15, -0.1) is 0 Å². The standard InChI is InChI=1S/C11H12F2N2O/c1-8-2-3-10(9(4-8)5-14)15-6-11(12,13)7-16/h2-4,15-16H,6-7H2,1H3. The van der Waals surface area contributed by atoms with E-state index in [2.05, 4.69) is 5.32 Å². The second-order valence-electron chi connectivity index (χ2n) is 3.53. The lowest BCUT2D eigenvalue weighted by molar-refractivity contribution is -0.0372. The van der Waals surface area contributed by atoms with E-state index in [4.69, 9.17) is 10.4 Å². The van der Waals surface area contributed by atoms with Crippen molar-refractivity contribution in [2.24, 2.45) is 0 Å². The van der Waals surface area contributed by atoms with Crippen molar-refractivity contribution in [2.45, 2.75) is 12.8 Å². The van der Waals surface area contributed by atoms with Crippen LogP contribution in [0.15, 0.2) is 18.2 Å². The Hall–Kier alpha value is -1.67. The molecule has 0 heterocycles. The van der Waals surface area contributed by atoms with Crippen molar-refractivity contribution < 1.29 is 13.9 Å². The minimum Gasteiger partial charge on any atom is -0.390 e. The minimum absolute atomic E-state index is 0.314. The Balaban J connectivity index is 2.79. The number of benzene rings is 1. The molecule has 0 amide bonds. The summed E-state index contributed by atoms with van der Waals surface area (Å²) < 4.78 is 25.5. The quantitative estimate of drug-likeness (QED) is 0.824. The average molecular weight is 226 g/mol. The molecule has 5 heteroatoms. The number of aliphatic hydroxyl groups is 1. The molecule has 0 saturated heterocycles. The van der Waals surface area contributed by atoms with E-state index in [0.717, 1.165) is 5.56 Å². The fraction of sp³-hybridized carbons (Fsp3) is 0.364. The number of nitriles is 1. The maximum atomic E-state index is 12.8.